The first-order valence-electron chi connectivity index (χ1n) is 6.42. The maximum absolute atomic E-state index is 12.3. The molecule has 1 aromatic rings. The van der Waals surface area contributed by atoms with E-state index in [9.17, 15) is 4.79 Å². The molecule has 1 amide bonds. The predicted molar refractivity (Wildman–Crippen MR) is 73.7 cm³/mol. The van der Waals surface area contributed by atoms with Crippen molar-refractivity contribution in [3.05, 3.63) is 15.6 Å². The largest absolute Gasteiger partial charge is 0.338 e. The number of aromatic nitrogens is 1. The van der Waals surface area contributed by atoms with Gasteiger partial charge in [0.1, 0.15) is 0 Å². The third-order valence-electron chi connectivity index (χ3n) is 3.66. The molecule has 0 bridgehead atoms. The second-order valence-electron chi connectivity index (χ2n) is 5.00. The summed E-state index contributed by atoms with van der Waals surface area (Å²) < 4.78 is 0. The first-order valence-corrected chi connectivity index (χ1v) is 7.23. The van der Waals surface area contributed by atoms with Gasteiger partial charge in [0.05, 0.1) is 22.7 Å². The summed E-state index contributed by atoms with van der Waals surface area (Å²) in [6, 6.07) is 0.115. The van der Waals surface area contributed by atoms with Crippen LogP contribution in [0.2, 0.25) is 0 Å². The lowest BCUT2D eigenvalue weighted by Gasteiger charge is -2.27. The molecule has 4 nitrogen and oxygen atoms in total. The van der Waals surface area contributed by atoms with E-state index in [0.717, 1.165) is 30.2 Å². The van der Waals surface area contributed by atoms with Gasteiger partial charge in [-0.15, -0.1) is 11.3 Å². The summed E-state index contributed by atoms with van der Waals surface area (Å²) in [5.41, 5.74) is 1.05. The number of nitrogens with zero attached hydrogens (tertiary/aromatic N) is 2. The molecule has 1 aliphatic rings. The van der Waals surface area contributed by atoms with Crippen LogP contribution in [0.5, 0.6) is 0 Å². The number of nitrogens with one attached hydrogen (secondary N) is 1. The maximum atomic E-state index is 12.3. The van der Waals surface area contributed by atoms with Crippen LogP contribution in [0.1, 0.15) is 35.0 Å². The molecule has 1 aliphatic heterocycles. The fourth-order valence-electron chi connectivity index (χ4n) is 2.45. The number of rotatable bonds is 3. The van der Waals surface area contributed by atoms with E-state index in [1.54, 1.807) is 11.3 Å². The van der Waals surface area contributed by atoms with E-state index < -0.39 is 0 Å². The van der Waals surface area contributed by atoms with Crippen molar-refractivity contribution < 1.29 is 4.79 Å². The molecule has 2 rings (SSSR count). The van der Waals surface area contributed by atoms with Crippen molar-refractivity contribution in [1.29, 1.82) is 0 Å². The van der Waals surface area contributed by atoms with Gasteiger partial charge in [0.2, 0.25) is 5.91 Å². The minimum atomic E-state index is 0.115. The number of carbonyl (C=O) groups is 1. The van der Waals surface area contributed by atoms with Gasteiger partial charge >= 0.3 is 0 Å². The van der Waals surface area contributed by atoms with Gasteiger partial charge in [0, 0.05) is 18.5 Å². The highest BCUT2D eigenvalue weighted by Crippen LogP contribution is 2.29. The Hall–Kier alpha value is -0.940. The summed E-state index contributed by atoms with van der Waals surface area (Å²) in [5, 5.41) is 4.31. The highest BCUT2D eigenvalue weighted by atomic mass is 32.1. The lowest BCUT2D eigenvalue weighted by molar-refractivity contribution is -0.135. The van der Waals surface area contributed by atoms with E-state index in [2.05, 4.69) is 17.2 Å². The van der Waals surface area contributed by atoms with E-state index in [-0.39, 0.29) is 17.9 Å². The van der Waals surface area contributed by atoms with Crippen LogP contribution in [-0.2, 0) is 4.79 Å². The molecule has 1 saturated heterocycles. The highest BCUT2D eigenvalue weighted by molar-refractivity contribution is 7.11. The van der Waals surface area contributed by atoms with Crippen LogP contribution in [0.15, 0.2) is 0 Å². The van der Waals surface area contributed by atoms with E-state index in [4.69, 9.17) is 0 Å². The number of aryl methyl sites for hydroxylation is 2. The summed E-state index contributed by atoms with van der Waals surface area (Å²) in [6.07, 6.45) is 0.955. The Bertz CT molecular complexity index is 437. The van der Waals surface area contributed by atoms with E-state index >= 15 is 0 Å². The van der Waals surface area contributed by atoms with E-state index in [0.29, 0.717) is 0 Å². The molecule has 2 atom stereocenters. The summed E-state index contributed by atoms with van der Waals surface area (Å²) in [6.45, 7) is 7.88. The van der Waals surface area contributed by atoms with Gasteiger partial charge in [-0.3, -0.25) is 4.79 Å². The summed E-state index contributed by atoms with van der Waals surface area (Å²) in [7, 11) is 1.90. The monoisotopic (exact) mass is 267 g/mol. The Balaban J connectivity index is 2.10. The SMILES string of the molecule is Cc1nc(C)c([C@H](C)N(C)C(=O)[C@H]2CCNC2)s1. The van der Waals surface area contributed by atoms with E-state index in [1.807, 2.05) is 25.8 Å². The van der Waals surface area contributed by atoms with Crippen LogP contribution < -0.4 is 5.32 Å². The van der Waals surface area contributed by atoms with Crippen molar-refractivity contribution in [3.63, 3.8) is 0 Å². The Kier molecular flexibility index (Phi) is 4.02. The second-order valence-corrected chi connectivity index (χ2v) is 6.23. The van der Waals surface area contributed by atoms with Crippen LogP contribution in [0, 0.1) is 19.8 Å². The summed E-state index contributed by atoms with van der Waals surface area (Å²) >= 11 is 1.69. The molecule has 0 radical (unpaired) electrons. The minimum Gasteiger partial charge on any atom is -0.338 e. The Labute approximate surface area is 112 Å². The molecule has 100 valence electrons. The van der Waals surface area contributed by atoms with Crippen LogP contribution in [0.4, 0.5) is 0 Å². The molecule has 2 heterocycles. The van der Waals surface area contributed by atoms with Crippen LogP contribution in [0.3, 0.4) is 0 Å². The zero-order valence-corrected chi connectivity index (χ0v) is 12.3. The molecular weight excluding hydrogens is 246 g/mol. The molecule has 0 unspecified atom stereocenters. The van der Waals surface area contributed by atoms with Crippen LogP contribution in [0.25, 0.3) is 0 Å². The van der Waals surface area contributed by atoms with Gasteiger partial charge in [0.25, 0.3) is 0 Å². The molecule has 0 saturated carbocycles. The lowest BCUT2D eigenvalue weighted by atomic mass is 10.1. The third-order valence-corrected chi connectivity index (χ3v) is 4.90. The Morgan fingerprint density at radius 3 is 2.78 bits per heavy atom. The maximum Gasteiger partial charge on any atom is 0.227 e. The molecule has 0 aliphatic carbocycles. The fraction of sp³-hybridized carbons (Fsp3) is 0.692. The normalized spacial score (nSPS) is 21.0. The highest BCUT2D eigenvalue weighted by Gasteiger charge is 2.29. The zero-order valence-electron chi connectivity index (χ0n) is 11.5. The van der Waals surface area contributed by atoms with Crippen molar-refractivity contribution in [3.8, 4) is 0 Å². The average Bonchev–Trinajstić information content (AvgIpc) is 2.96. The number of carbonyl (C=O) groups excluding carboxylic acids is 1. The van der Waals surface area contributed by atoms with E-state index in [1.165, 1.54) is 4.88 Å². The fourth-order valence-corrected chi connectivity index (χ4v) is 3.48. The predicted octanol–water partition coefficient (Wildman–Crippen LogP) is 1.89. The molecule has 18 heavy (non-hydrogen) atoms. The van der Waals surface area contributed by atoms with Crippen molar-refractivity contribution in [2.45, 2.75) is 33.2 Å². The third kappa shape index (κ3) is 2.57. The summed E-state index contributed by atoms with van der Waals surface area (Å²) in [4.78, 5) is 19.9. The quantitative estimate of drug-likeness (QED) is 0.909. The molecule has 0 aromatic carbocycles. The number of hydrogen-bond acceptors (Lipinski definition) is 4. The first-order chi connectivity index (χ1) is 8.50. The van der Waals surface area contributed by atoms with Crippen molar-refractivity contribution in [2.24, 2.45) is 5.92 Å². The molecule has 0 spiro atoms. The number of amides is 1. The van der Waals surface area contributed by atoms with Gasteiger partial charge in [-0.25, -0.2) is 4.98 Å². The number of hydrogen-bond donors (Lipinski definition) is 1. The van der Waals surface area contributed by atoms with Gasteiger partial charge in [0.15, 0.2) is 0 Å². The standard InChI is InChI=1S/C13H21N3OS/c1-8-12(18-10(3)15-8)9(2)16(4)13(17)11-5-6-14-7-11/h9,11,14H,5-7H2,1-4H3/t9-,11-/m0/s1. The van der Waals surface area contributed by atoms with Gasteiger partial charge < -0.3 is 10.2 Å². The number of thiazole rings is 1. The lowest BCUT2D eigenvalue weighted by Crippen LogP contribution is -2.35. The van der Waals surface area contributed by atoms with Crippen molar-refractivity contribution >= 4 is 17.2 Å². The van der Waals surface area contributed by atoms with Crippen LogP contribution >= 0.6 is 11.3 Å². The Morgan fingerprint density at radius 1 is 1.56 bits per heavy atom. The molecule has 1 N–H and O–H groups in total. The topological polar surface area (TPSA) is 45.2 Å². The Morgan fingerprint density at radius 2 is 2.28 bits per heavy atom. The van der Waals surface area contributed by atoms with Gasteiger partial charge in [-0.2, -0.15) is 0 Å². The molecule has 5 heteroatoms. The van der Waals surface area contributed by atoms with Crippen molar-refractivity contribution in [2.75, 3.05) is 20.1 Å². The molecule has 1 aromatic heterocycles. The molecular formula is C13H21N3OS. The van der Waals surface area contributed by atoms with Gasteiger partial charge in [-0.1, -0.05) is 0 Å². The van der Waals surface area contributed by atoms with Crippen molar-refractivity contribution in [1.82, 2.24) is 15.2 Å². The van der Waals surface area contributed by atoms with Crippen LogP contribution in [-0.4, -0.2) is 35.9 Å². The second kappa shape index (κ2) is 5.36. The summed E-state index contributed by atoms with van der Waals surface area (Å²) in [5.74, 6) is 0.393. The zero-order chi connectivity index (χ0) is 13.3. The smallest absolute Gasteiger partial charge is 0.227 e. The first kappa shape index (κ1) is 13.5. The average molecular weight is 267 g/mol. The minimum absolute atomic E-state index is 0.115. The molecule has 1 fully saturated rings. The van der Waals surface area contributed by atoms with Gasteiger partial charge in [-0.05, 0) is 33.7 Å².